The standard InChI is InChI=1S/C19H20ClFN2O5S/c1-27-17-6-5-13(11-18(17)29(25,26)23-7-9-28-10-8-23)22-19(24)12-14-15(20)3-2-4-16(14)21/h2-6,11H,7-10,12H2,1H3,(H,22,24). The molecule has 0 bridgehead atoms. The number of nitrogens with zero attached hydrogens (tertiary/aromatic N) is 1. The highest BCUT2D eigenvalue weighted by atomic mass is 35.5. The summed E-state index contributed by atoms with van der Waals surface area (Å²) in [5, 5.41) is 2.73. The minimum atomic E-state index is -3.84. The molecule has 10 heteroatoms. The highest BCUT2D eigenvalue weighted by Crippen LogP contribution is 2.30. The van der Waals surface area contributed by atoms with E-state index in [2.05, 4.69) is 5.32 Å². The molecule has 0 saturated carbocycles. The Hall–Kier alpha value is -2.20. The summed E-state index contributed by atoms with van der Waals surface area (Å²) in [4.78, 5) is 12.3. The van der Waals surface area contributed by atoms with Crippen LogP contribution < -0.4 is 10.1 Å². The van der Waals surface area contributed by atoms with Gasteiger partial charge in [0.15, 0.2) is 0 Å². The van der Waals surface area contributed by atoms with Gasteiger partial charge in [0.05, 0.1) is 26.7 Å². The zero-order chi connectivity index (χ0) is 21.0. The molecule has 1 heterocycles. The Morgan fingerprint density at radius 2 is 2.00 bits per heavy atom. The minimum absolute atomic E-state index is 0.0661. The number of carbonyl (C=O) groups is 1. The lowest BCUT2D eigenvalue weighted by Gasteiger charge is -2.26. The van der Waals surface area contributed by atoms with Gasteiger partial charge in [-0.1, -0.05) is 17.7 Å². The lowest BCUT2D eigenvalue weighted by molar-refractivity contribution is -0.115. The van der Waals surface area contributed by atoms with Crippen molar-refractivity contribution in [3.63, 3.8) is 0 Å². The minimum Gasteiger partial charge on any atom is -0.495 e. The van der Waals surface area contributed by atoms with Crippen molar-refractivity contribution in [2.75, 3.05) is 38.7 Å². The van der Waals surface area contributed by atoms with Gasteiger partial charge < -0.3 is 14.8 Å². The summed E-state index contributed by atoms with van der Waals surface area (Å²) in [7, 11) is -2.47. The highest BCUT2D eigenvalue weighted by molar-refractivity contribution is 7.89. The third kappa shape index (κ3) is 4.87. The number of rotatable bonds is 6. The second-order valence-electron chi connectivity index (χ2n) is 6.31. The van der Waals surface area contributed by atoms with E-state index in [1.807, 2.05) is 0 Å². The molecular formula is C19H20ClFN2O5S. The molecular weight excluding hydrogens is 423 g/mol. The number of benzene rings is 2. The Morgan fingerprint density at radius 1 is 1.28 bits per heavy atom. The van der Waals surface area contributed by atoms with Crippen LogP contribution in [-0.4, -0.2) is 52.0 Å². The van der Waals surface area contributed by atoms with Crippen molar-refractivity contribution in [2.24, 2.45) is 0 Å². The quantitative estimate of drug-likeness (QED) is 0.743. The van der Waals surface area contributed by atoms with Crippen molar-refractivity contribution < 1.29 is 27.1 Å². The maximum atomic E-state index is 13.9. The number of hydrogen-bond acceptors (Lipinski definition) is 5. The van der Waals surface area contributed by atoms with Gasteiger partial charge in [-0.15, -0.1) is 0 Å². The molecule has 1 N–H and O–H groups in total. The van der Waals surface area contributed by atoms with Crippen molar-refractivity contribution in [3.05, 3.63) is 52.8 Å². The molecule has 29 heavy (non-hydrogen) atoms. The fraction of sp³-hybridized carbons (Fsp3) is 0.316. The normalized spacial score (nSPS) is 15.1. The summed E-state index contributed by atoms with van der Waals surface area (Å²) < 4.78 is 51.6. The Morgan fingerprint density at radius 3 is 2.66 bits per heavy atom. The zero-order valence-corrected chi connectivity index (χ0v) is 17.2. The molecule has 0 unspecified atom stereocenters. The number of nitrogens with one attached hydrogen (secondary N) is 1. The first-order chi connectivity index (χ1) is 13.8. The van der Waals surface area contributed by atoms with E-state index in [0.717, 1.165) is 0 Å². The van der Waals surface area contributed by atoms with Crippen LogP contribution in [0.25, 0.3) is 0 Å². The van der Waals surface area contributed by atoms with E-state index < -0.39 is 21.7 Å². The number of amides is 1. The molecule has 3 rings (SSSR count). The molecule has 1 aliphatic heterocycles. The highest BCUT2D eigenvalue weighted by Gasteiger charge is 2.29. The van der Waals surface area contributed by atoms with Crippen molar-refractivity contribution in [2.45, 2.75) is 11.3 Å². The molecule has 0 radical (unpaired) electrons. The second kappa shape index (κ2) is 9.08. The van der Waals surface area contributed by atoms with Gasteiger partial charge in [0.2, 0.25) is 15.9 Å². The van der Waals surface area contributed by atoms with Crippen molar-refractivity contribution >= 4 is 33.2 Å². The molecule has 2 aromatic carbocycles. The molecule has 0 aliphatic carbocycles. The molecule has 1 amide bonds. The molecule has 1 fully saturated rings. The molecule has 7 nitrogen and oxygen atoms in total. The number of anilines is 1. The van der Waals surface area contributed by atoms with Gasteiger partial charge in [-0.3, -0.25) is 4.79 Å². The number of methoxy groups -OCH3 is 1. The Labute approximate surface area is 173 Å². The number of ether oxygens (including phenoxy) is 2. The lowest BCUT2D eigenvalue weighted by atomic mass is 10.1. The molecule has 0 atom stereocenters. The van der Waals surface area contributed by atoms with Crippen LogP contribution in [0.1, 0.15) is 5.56 Å². The van der Waals surface area contributed by atoms with E-state index in [1.54, 1.807) is 0 Å². The summed E-state index contributed by atoms with van der Waals surface area (Å²) in [5.74, 6) is -0.957. The number of carbonyl (C=O) groups excluding carboxylic acids is 1. The molecule has 0 spiro atoms. The Balaban J connectivity index is 1.84. The van der Waals surface area contributed by atoms with Gasteiger partial charge in [0.25, 0.3) is 0 Å². The third-order valence-electron chi connectivity index (χ3n) is 4.43. The summed E-state index contributed by atoms with van der Waals surface area (Å²) in [5.41, 5.74) is 0.316. The van der Waals surface area contributed by atoms with Crippen LogP contribution in [-0.2, 0) is 26.0 Å². The van der Waals surface area contributed by atoms with Crippen LogP contribution in [0.2, 0.25) is 5.02 Å². The van der Waals surface area contributed by atoms with E-state index >= 15 is 0 Å². The number of halogens is 2. The van der Waals surface area contributed by atoms with Gasteiger partial charge in [0, 0.05) is 29.4 Å². The van der Waals surface area contributed by atoms with Gasteiger partial charge >= 0.3 is 0 Å². The summed E-state index contributed by atoms with van der Waals surface area (Å²) in [6.45, 7) is 1.07. The van der Waals surface area contributed by atoms with Crippen LogP contribution in [0.3, 0.4) is 0 Å². The van der Waals surface area contributed by atoms with Crippen molar-refractivity contribution in [1.82, 2.24) is 4.31 Å². The second-order valence-corrected chi connectivity index (χ2v) is 8.62. The van der Waals surface area contributed by atoms with Crippen LogP contribution in [0, 0.1) is 5.82 Å². The first-order valence-corrected chi connectivity index (χ1v) is 10.6. The molecule has 156 valence electrons. The average molecular weight is 443 g/mol. The largest absolute Gasteiger partial charge is 0.495 e. The van der Waals surface area contributed by atoms with Gasteiger partial charge in [-0.05, 0) is 30.3 Å². The van der Waals surface area contributed by atoms with E-state index in [9.17, 15) is 17.6 Å². The van der Waals surface area contributed by atoms with E-state index in [-0.39, 0.29) is 46.4 Å². The maximum Gasteiger partial charge on any atom is 0.246 e. The molecule has 1 saturated heterocycles. The SMILES string of the molecule is COc1ccc(NC(=O)Cc2c(F)cccc2Cl)cc1S(=O)(=O)N1CCOCC1. The zero-order valence-electron chi connectivity index (χ0n) is 15.7. The Kier molecular flexibility index (Phi) is 6.74. The smallest absolute Gasteiger partial charge is 0.246 e. The number of sulfonamides is 1. The summed E-state index contributed by atoms with van der Waals surface area (Å²) in [6.07, 6.45) is -0.289. The third-order valence-corrected chi connectivity index (χ3v) is 6.71. The fourth-order valence-corrected chi connectivity index (χ4v) is 4.77. The molecule has 0 aromatic heterocycles. The monoisotopic (exact) mass is 442 g/mol. The molecule has 1 aliphatic rings. The number of morpholine rings is 1. The first-order valence-electron chi connectivity index (χ1n) is 8.81. The summed E-state index contributed by atoms with van der Waals surface area (Å²) in [6, 6.07) is 8.45. The molecule has 2 aromatic rings. The van der Waals surface area contributed by atoms with E-state index in [4.69, 9.17) is 21.1 Å². The predicted molar refractivity (Wildman–Crippen MR) is 106 cm³/mol. The average Bonchev–Trinajstić information content (AvgIpc) is 2.71. The topological polar surface area (TPSA) is 84.9 Å². The van der Waals surface area contributed by atoms with Crippen molar-refractivity contribution in [3.8, 4) is 5.75 Å². The van der Waals surface area contributed by atoms with E-state index in [0.29, 0.717) is 13.2 Å². The van der Waals surface area contributed by atoms with Gasteiger partial charge in [0.1, 0.15) is 16.5 Å². The van der Waals surface area contributed by atoms with Crippen LogP contribution in [0.5, 0.6) is 5.75 Å². The maximum absolute atomic E-state index is 13.9. The fourth-order valence-electron chi connectivity index (χ4n) is 2.95. The van der Waals surface area contributed by atoms with Crippen LogP contribution in [0.4, 0.5) is 10.1 Å². The van der Waals surface area contributed by atoms with Gasteiger partial charge in [-0.2, -0.15) is 4.31 Å². The Bertz CT molecular complexity index is 989. The lowest BCUT2D eigenvalue weighted by Crippen LogP contribution is -2.40. The van der Waals surface area contributed by atoms with Crippen LogP contribution >= 0.6 is 11.6 Å². The van der Waals surface area contributed by atoms with E-state index in [1.165, 1.54) is 47.8 Å². The first kappa shape index (κ1) is 21.5. The van der Waals surface area contributed by atoms with Gasteiger partial charge in [-0.25, -0.2) is 12.8 Å². The summed E-state index contributed by atoms with van der Waals surface area (Å²) >= 11 is 5.96. The van der Waals surface area contributed by atoms with Crippen LogP contribution in [0.15, 0.2) is 41.3 Å². The predicted octanol–water partition coefficient (Wildman–Crippen LogP) is 2.69. The van der Waals surface area contributed by atoms with Crippen molar-refractivity contribution in [1.29, 1.82) is 0 Å². The number of hydrogen-bond donors (Lipinski definition) is 1.